The molecule has 8 nitrogen and oxygen atoms in total. The Kier molecular flexibility index (Phi) is 7.60. The van der Waals surface area contributed by atoms with E-state index in [0.717, 1.165) is 5.56 Å². The number of rotatable bonds is 9. The first-order valence-corrected chi connectivity index (χ1v) is 10.4. The summed E-state index contributed by atoms with van der Waals surface area (Å²) in [6.07, 6.45) is 1.38. The van der Waals surface area contributed by atoms with Crippen molar-refractivity contribution in [3.05, 3.63) is 53.8 Å². The van der Waals surface area contributed by atoms with Crippen molar-refractivity contribution < 1.29 is 18.7 Å². The molecule has 0 saturated carbocycles. The second kappa shape index (κ2) is 10.6. The van der Waals surface area contributed by atoms with Gasteiger partial charge in [0, 0.05) is 12.1 Å². The van der Waals surface area contributed by atoms with Gasteiger partial charge in [-0.05, 0) is 42.8 Å². The van der Waals surface area contributed by atoms with Crippen LogP contribution in [0.1, 0.15) is 12.5 Å². The number of nitrogens with one attached hydrogen (secondary N) is 1. The molecule has 0 bridgehead atoms. The van der Waals surface area contributed by atoms with Crippen LogP contribution in [0.2, 0.25) is 0 Å². The van der Waals surface area contributed by atoms with E-state index in [9.17, 15) is 9.18 Å². The second-order valence-corrected chi connectivity index (χ2v) is 7.20. The average molecular weight is 444 g/mol. The van der Waals surface area contributed by atoms with Crippen LogP contribution in [0.25, 0.3) is 11.4 Å². The van der Waals surface area contributed by atoms with E-state index in [1.807, 2.05) is 23.6 Å². The standard InChI is InChI=1S/C21H22FN5O3S/c1-4-27-20(15-8-9-17(29-2)18(11-15)30-3)25-26-21(27)31-13-19(28)24-23-12-14-6-5-7-16(22)10-14/h5-12H,4,13H2,1-3H3,(H,24,28). The first-order chi connectivity index (χ1) is 15.0. The lowest BCUT2D eigenvalue weighted by Crippen LogP contribution is -2.20. The number of nitrogens with zero attached hydrogens (tertiary/aromatic N) is 4. The highest BCUT2D eigenvalue weighted by atomic mass is 32.2. The number of carbonyl (C=O) groups excluding carboxylic acids is 1. The Morgan fingerprint density at radius 1 is 1.19 bits per heavy atom. The lowest BCUT2D eigenvalue weighted by molar-refractivity contribution is -0.118. The molecule has 3 rings (SSSR count). The SMILES string of the molecule is CCn1c(SCC(=O)NN=Cc2cccc(F)c2)nnc1-c1ccc(OC)c(OC)c1. The van der Waals surface area contributed by atoms with E-state index < -0.39 is 0 Å². The van der Waals surface area contributed by atoms with E-state index >= 15 is 0 Å². The number of thioether (sulfide) groups is 1. The highest BCUT2D eigenvalue weighted by Crippen LogP contribution is 2.32. The number of ether oxygens (including phenoxy) is 2. The molecule has 10 heteroatoms. The van der Waals surface area contributed by atoms with Crippen molar-refractivity contribution in [2.24, 2.45) is 5.10 Å². The average Bonchev–Trinajstić information content (AvgIpc) is 3.20. The predicted octanol–water partition coefficient (Wildman–Crippen LogP) is 3.36. The van der Waals surface area contributed by atoms with Crippen LogP contribution in [0.3, 0.4) is 0 Å². The fourth-order valence-corrected chi connectivity index (χ4v) is 3.59. The first-order valence-electron chi connectivity index (χ1n) is 9.41. The van der Waals surface area contributed by atoms with Gasteiger partial charge in [-0.3, -0.25) is 4.79 Å². The van der Waals surface area contributed by atoms with Crippen molar-refractivity contribution in [1.82, 2.24) is 20.2 Å². The number of aromatic nitrogens is 3. The van der Waals surface area contributed by atoms with Gasteiger partial charge in [0.1, 0.15) is 5.82 Å². The van der Waals surface area contributed by atoms with Crippen LogP contribution >= 0.6 is 11.8 Å². The van der Waals surface area contributed by atoms with E-state index in [4.69, 9.17) is 9.47 Å². The minimum Gasteiger partial charge on any atom is -0.493 e. The van der Waals surface area contributed by atoms with Crippen molar-refractivity contribution in [2.75, 3.05) is 20.0 Å². The molecule has 162 valence electrons. The second-order valence-electron chi connectivity index (χ2n) is 6.26. The molecule has 0 unspecified atom stereocenters. The van der Waals surface area contributed by atoms with Crippen LogP contribution < -0.4 is 14.9 Å². The molecule has 2 aromatic carbocycles. The number of methoxy groups -OCH3 is 2. The van der Waals surface area contributed by atoms with Crippen molar-refractivity contribution in [2.45, 2.75) is 18.6 Å². The van der Waals surface area contributed by atoms with Crippen LogP contribution in [0.15, 0.2) is 52.7 Å². The molecule has 1 N–H and O–H groups in total. The molecule has 31 heavy (non-hydrogen) atoms. The summed E-state index contributed by atoms with van der Waals surface area (Å²) in [6.45, 7) is 2.60. The van der Waals surface area contributed by atoms with Gasteiger partial charge in [0.15, 0.2) is 22.5 Å². The van der Waals surface area contributed by atoms with Crippen molar-refractivity contribution in [1.29, 1.82) is 0 Å². The zero-order chi connectivity index (χ0) is 22.2. The topological polar surface area (TPSA) is 90.6 Å². The Hall–Kier alpha value is -3.40. The van der Waals surface area contributed by atoms with E-state index in [1.165, 1.54) is 30.1 Å². The smallest absolute Gasteiger partial charge is 0.250 e. The Balaban J connectivity index is 1.65. The molecule has 0 aliphatic carbocycles. The molecule has 0 atom stereocenters. The number of benzene rings is 2. The van der Waals surface area contributed by atoms with Gasteiger partial charge >= 0.3 is 0 Å². The largest absolute Gasteiger partial charge is 0.493 e. The third-order valence-corrected chi connectivity index (χ3v) is 5.23. The molecule has 0 radical (unpaired) electrons. The van der Waals surface area contributed by atoms with Crippen LogP contribution in [0.4, 0.5) is 4.39 Å². The zero-order valence-electron chi connectivity index (χ0n) is 17.3. The lowest BCUT2D eigenvalue weighted by Gasteiger charge is -2.10. The summed E-state index contributed by atoms with van der Waals surface area (Å²) >= 11 is 1.25. The molecule has 1 heterocycles. The number of hydrazone groups is 1. The molecular weight excluding hydrogens is 421 g/mol. The summed E-state index contributed by atoms with van der Waals surface area (Å²) in [4.78, 5) is 12.1. The molecule has 1 aromatic heterocycles. The molecule has 0 fully saturated rings. The summed E-state index contributed by atoms with van der Waals surface area (Å²) < 4.78 is 25.7. The van der Waals surface area contributed by atoms with Gasteiger partial charge in [-0.15, -0.1) is 10.2 Å². The van der Waals surface area contributed by atoms with Crippen LogP contribution in [0, 0.1) is 5.82 Å². The van der Waals surface area contributed by atoms with Gasteiger partial charge in [-0.2, -0.15) is 5.10 Å². The number of halogens is 1. The number of hydrogen-bond donors (Lipinski definition) is 1. The van der Waals surface area contributed by atoms with Crippen molar-refractivity contribution in [3.8, 4) is 22.9 Å². The van der Waals surface area contributed by atoms with Gasteiger partial charge in [0.25, 0.3) is 5.91 Å². The summed E-state index contributed by atoms with van der Waals surface area (Å²) in [5, 5.41) is 13.0. The molecule has 0 aliphatic rings. The Bertz CT molecular complexity index is 1090. The highest BCUT2D eigenvalue weighted by molar-refractivity contribution is 7.99. The molecule has 0 saturated heterocycles. The minimum absolute atomic E-state index is 0.102. The predicted molar refractivity (Wildman–Crippen MR) is 117 cm³/mol. The summed E-state index contributed by atoms with van der Waals surface area (Å²) in [7, 11) is 3.15. The Morgan fingerprint density at radius 2 is 2.00 bits per heavy atom. The number of hydrogen-bond acceptors (Lipinski definition) is 7. The number of carbonyl (C=O) groups is 1. The monoisotopic (exact) mass is 443 g/mol. The quantitative estimate of drug-likeness (QED) is 0.310. The minimum atomic E-state index is -0.366. The maximum absolute atomic E-state index is 13.2. The normalized spacial score (nSPS) is 11.0. The van der Waals surface area contributed by atoms with Crippen molar-refractivity contribution in [3.63, 3.8) is 0 Å². The summed E-state index contributed by atoms with van der Waals surface area (Å²) in [5.74, 6) is 1.31. The number of amides is 1. The Morgan fingerprint density at radius 3 is 2.71 bits per heavy atom. The Labute approximate surface area is 183 Å². The van der Waals surface area contributed by atoms with Crippen LogP contribution in [-0.2, 0) is 11.3 Å². The van der Waals surface area contributed by atoms with Crippen LogP contribution in [0.5, 0.6) is 11.5 Å². The summed E-state index contributed by atoms with van der Waals surface area (Å²) in [5.41, 5.74) is 3.80. The molecule has 1 amide bonds. The fourth-order valence-electron chi connectivity index (χ4n) is 2.80. The molecule has 3 aromatic rings. The van der Waals surface area contributed by atoms with Gasteiger partial charge in [-0.25, -0.2) is 9.82 Å². The van der Waals surface area contributed by atoms with E-state index in [0.29, 0.717) is 34.6 Å². The maximum atomic E-state index is 13.2. The van der Waals surface area contributed by atoms with Gasteiger partial charge in [0.2, 0.25) is 0 Å². The van der Waals surface area contributed by atoms with Gasteiger partial charge in [-0.1, -0.05) is 23.9 Å². The summed E-state index contributed by atoms with van der Waals surface area (Å²) in [6, 6.07) is 11.4. The molecule has 0 spiro atoms. The fraction of sp³-hybridized carbons (Fsp3) is 0.238. The molecule has 0 aliphatic heterocycles. The van der Waals surface area contributed by atoms with E-state index in [-0.39, 0.29) is 17.5 Å². The van der Waals surface area contributed by atoms with E-state index in [1.54, 1.807) is 32.4 Å². The highest BCUT2D eigenvalue weighted by Gasteiger charge is 2.16. The lowest BCUT2D eigenvalue weighted by atomic mass is 10.2. The zero-order valence-corrected chi connectivity index (χ0v) is 18.1. The van der Waals surface area contributed by atoms with Gasteiger partial charge < -0.3 is 14.0 Å². The van der Waals surface area contributed by atoms with Crippen molar-refractivity contribution >= 4 is 23.9 Å². The first kappa shape index (κ1) is 22.3. The van der Waals surface area contributed by atoms with Crippen LogP contribution in [-0.4, -0.2) is 46.9 Å². The maximum Gasteiger partial charge on any atom is 0.250 e. The molecular formula is C21H22FN5O3S. The van der Waals surface area contributed by atoms with Gasteiger partial charge in [0.05, 0.1) is 26.2 Å². The third-order valence-electron chi connectivity index (χ3n) is 4.26. The van der Waals surface area contributed by atoms with E-state index in [2.05, 4.69) is 20.7 Å². The third kappa shape index (κ3) is 5.60.